The van der Waals surface area contributed by atoms with Crippen LogP contribution in [0.25, 0.3) is 0 Å². The van der Waals surface area contributed by atoms with Gasteiger partial charge >= 0.3 is 0 Å². The van der Waals surface area contributed by atoms with Crippen LogP contribution in [0.3, 0.4) is 0 Å². The minimum Gasteiger partial charge on any atom is -0.385 e. The number of aliphatic hydroxyl groups excluding tert-OH is 1. The summed E-state index contributed by atoms with van der Waals surface area (Å²) in [5.41, 5.74) is 5.39. The Morgan fingerprint density at radius 1 is 0.818 bits per heavy atom. The molecule has 1 rings (SSSR count). The van der Waals surface area contributed by atoms with Gasteiger partial charge in [0.1, 0.15) is 12.4 Å². The van der Waals surface area contributed by atoms with Crippen molar-refractivity contribution in [3.05, 3.63) is 106 Å². The fraction of sp³-hybridized carbons (Fsp3) is 0.333. The van der Waals surface area contributed by atoms with E-state index >= 15 is 0 Å². The predicted octanol–water partition coefficient (Wildman–Crippen LogP) is 6.87. The molecule has 1 unspecified atom stereocenters. The van der Waals surface area contributed by atoms with Gasteiger partial charge in [-0.2, -0.15) is 0 Å². The smallest absolute Gasteiger partial charge is 0.187 e. The number of aliphatic hydroxyl groups is 1. The van der Waals surface area contributed by atoms with Crippen molar-refractivity contribution in [2.24, 2.45) is 5.41 Å². The molecule has 0 aromatic carbocycles. The van der Waals surface area contributed by atoms with E-state index in [-0.39, 0.29) is 11.2 Å². The summed E-state index contributed by atoms with van der Waals surface area (Å²) in [7, 11) is 0. The second-order valence-electron chi connectivity index (χ2n) is 9.20. The monoisotopic (exact) mass is 446 g/mol. The Balaban J connectivity index is 2.75. The maximum atomic E-state index is 12.1. The molecule has 0 fully saturated rings. The Morgan fingerprint density at radius 2 is 1.27 bits per heavy atom. The van der Waals surface area contributed by atoms with Gasteiger partial charge in [-0.3, -0.25) is 9.59 Å². The highest BCUT2D eigenvalue weighted by Gasteiger charge is 2.36. The van der Waals surface area contributed by atoms with Crippen LogP contribution in [0.15, 0.2) is 106 Å². The first-order valence-electron chi connectivity index (χ1n) is 11.3. The van der Waals surface area contributed by atoms with Gasteiger partial charge in [0.25, 0.3) is 0 Å². The van der Waals surface area contributed by atoms with Crippen molar-refractivity contribution in [2.75, 3.05) is 0 Å². The second-order valence-corrected chi connectivity index (χ2v) is 9.20. The minimum atomic E-state index is -0.897. The molecule has 0 amide bonds. The summed E-state index contributed by atoms with van der Waals surface area (Å²) in [5, 5.41) is 9.96. The van der Waals surface area contributed by atoms with E-state index in [1.54, 1.807) is 19.9 Å². The third-order valence-corrected chi connectivity index (χ3v) is 5.47. The van der Waals surface area contributed by atoms with Crippen molar-refractivity contribution in [3.8, 4) is 0 Å². The number of hydrogen-bond acceptors (Lipinski definition) is 3. The van der Waals surface area contributed by atoms with E-state index in [1.165, 1.54) is 0 Å². The van der Waals surface area contributed by atoms with Gasteiger partial charge in [0, 0.05) is 0 Å². The van der Waals surface area contributed by atoms with Gasteiger partial charge in [0.15, 0.2) is 5.78 Å². The van der Waals surface area contributed by atoms with E-state index in [0.717, 1.165) is 28.6 Å². The van der Waals surface area contributed by atoms with Gasteiger partial charge < -0.3 is 5.11 Å². The average Bonchev–Trinajstić information content (AvgIpc) is 2.74. The van der Waals surface area contributed by atoms with E-state index < -0.39 is 6.10 Å². The van der Waals surface area contributed by atoms with Gasteiger partial charge in [0.05, 0.1) is 0 Å². The van der Waals surface area contributed by atoms with Crippen LogP contribution in [-0.4, -0.2) is 23.3 Å². The summed E-state index contributed by atoms with van der Waals surface area (Å²) in [4.78, 5) is 22.7. The number of ketones is 1. The molecule has 1 aliphatic rings. The molecule has 0 heterocycles. The zero-order valence-corrected chi connectivity index (χ0v) is 21.1. The van der Waals surface area contributed by atoms with E-state index in [1.807, 2.05) is 87.6 Å². The molecule has 33 heavy (non-hydrogen) atoms. The second kappa shape index (κ2) is 13.5. The van der Waals surface area contributed by atoms with Crippen molar-refractivity contribution in [1.29, 1.82) is 0 Å². The highest BCUT2D eigenvalue weighted by atomic mass is 16.3. The lowest BCUT2D eigenvalue weighted by atomic mass is 9.71. The lowest BCUT2D eigenvalue weighted by Gasteiger charge is -2.34. The highest BCUT2D eigenvalue weighted by molar-refractivity contribution is 6.00. The molecular weight excluding hydrogens is 408 g/mol. The normalized spacial score (nSPS) is 21.5. The molecule has 0 radical (unpaired) electrons. The lowest BCUT2D eigenvalue weighted by molar-refractivity contribution is -0.125. The number of carbonyl (C=O) groups is 2. The molecule has 176 valence electrons. The van der Waals surface area contributed by atoms with Crippen LogP contribution in [0.4, 0.5) is 0 Å². The topological polar surface area (TPSA) is 54.4 Å². The molecule has 1 atom stereocenters. The Morgan fingerprint density at radius 3 is 1.79 bits per heavy atom. The van der Waals surface area contributed by atoms with Crippen molar-refractivity contribution in [2.45, 2.75) is 61.0 Å². The number of carbonyl (C=O) groups excluding carboxylic acids is 2. The molecule has 1 aliphatic carbocycles. The molecule has 3 nitrogen and oxygen atoms in total. The maximum Gasteiger partial charge on any atom is 0.187 e. The number of aldehydes is 1. The first kappa shape index (κ1) is 28.0. The molecule has 1 N–H and O–H groups in total. The van der Waals surface area contributed by atoms with Gasteiger partial charge in [-0.05, 0) is 63.2 Å². The minimum absolute atomic E-state index is 0.171. The largest absolute Gasteiger partial charge is 0.385 e. The van der Waals surface area contributed by atoms with Gasteiger partial charge in [-0.1, -0.05) is 103 Å². The van der Waals surface area contributed by atoms with E-state index in [2.05, 4.69) is 13.8 Å². The van der Waals surface area contributed by atoms with Crippen LogP contribution in [0.1, 0.15) is 54.9 Å². The molecule has 0 saturated carbocycles. The van der Waals surface area contributed by atoms with Crippen LogP contribution >= 0.6 is 0 Å². The van der Waals surface area contributed by atoms with Crippen molar-refractivity contribution >= 4 is 12.1 Å². The molecule has 0 aromatic rings. The molecule has 0 aromatic heterocycles. The molecule has 0 spiro atoms. The fourth-order valence-electron chi connectivity index (χ4n) is 3.47. The zero-order chi connectivity index (χ0) is 25.0. The van der Waals surface area contributed by atoms with Gasteiger partial charge in [-0.15, -0.1) is 0 Å². The van der Waals surface area contributed by atoms with E-state index in [9.17, 15) is 14.7 Å². The summed E-state index contributed by atoms with van der Waals surface area (Å²) < 4.78 is 0. The van der Waals surface area contributed by atoms with Crippen LogP contribution in [0.2, 0.25) is 0 Å². The summed E-state index contributed by atoms with van der Waals surface area (Å²) in [6, 6.07) is 0. The number of rotatable bonds is 9. The van der Waals surface area contributed by atoms with Crippen molar-refractivity contribution < 1.29 is 14.7 Å². The van der Waals surface area contributed by atoms with Crippen molar-refractivity contribution in [1.82, 2.24) is 0 Å². The number of allylic oxidation sites excluding steroid dienone is 17. The number of hydrogen-bond donors (Lipinski definition) is 1. The SMILES string of the molecule is CC1=C(/C=C/C(C)=C/C=C/C(C)=C/C=C/C=C(C)/C=C/C=C(\C)C=O)C(C)(C)CC(O)C1=O. The molecule has 3 heteroatoms. The fourth-order valence-corrected chi connectivity index (χ4v) is 3.47. The Labute approximate surface area is 199 Å². The quantitative estimate of drug-likeness (QED) is 0.239. The molecular formula is C30H38O3. The first-order valence-corrected chi connectivity index (χ1v) is 11.3. The highest BCUT2D eigenvalue weighted by Crippen LogP contribution is 2.39. The average molecular weight is 447 g/mol. The van der Waals surface area contributed by atoms with Crippen LogP contribution in [0, 0.1) is 5.41 Å². The van der Waals surface area contributed by atoms with Crippen LogP contribution in [-0.2, 0) is 9.59 Å². The summed E-state index contributed by atoms with van der Waals surface area (Å²) in [6.07, 6.45) is 24.1. The van der Waals surface area contributed by atoms with Crippen molar-refractivity contribution in [3.63, 3.8) is 0 Å². The van der Waals surface area contributed by atoms with Gasteiger partial charge in [-0.25, -0.2) is 0 Å². The molecule has 0 aliphatic heterocycles. The Hall–Kier alpha value is -3.04. The summed E-state index contributed by atoms with van der Waals surface area (Å²) in [5.74, 6) is -0.171. The first-order chi connectivity index (χ1) is 15.5. The maximum absolute atomic E-state index is 12.1. The molecule has 0 bridgehead atoms. The van der Waals surface area contributed by atoms with E-state index in [4.69, 9.17) is 0 Å². The zero-order valence-electron chi connectivity index (χ0n) is 21.1. The Kier molecular flexibility index (Phi) is 11.4. The standard InChI is InChI=1S/C30H38O3/c1-22(12-8-9-13-23(2)15-11-17-25(4)21-31)14-10-16-24(3)18-19-27-26(5)29(33)28(32)20-30(27,6)7/h8-19,21,28,32H,20H2,1-7H3/b9-8+,14-10+,15-11+,19-18+,22-12+,23-13+,24-16+,25-17+. The van der Waals surface area contributed by atoms with Gasteiger partial charge in [0.2, 0.25) is 0 Å². The number of Topliss-reactive ketones (excluding diaryl/α,β-unsaturated/α-hetero) is 1. The Bertz CT molecular complexity index is 999. The lowest BCUT2D eigenvalue weighted by Crippen LogP contribution is -2.35. The van der Waals surface area contributed by atoms with Crippen LogP contribution < -0.4 is 0 Å². The van der Waals surface area contributed by atoms with Crippen LogP contribution in [0.5, 0.6) is 0 Å². The molecule has 0 saturated heterocycles. The summed E-state index contributed by atoms with van der Waals surface area (Å²) in [6.45, 7) is 13.8. The van der Waals surface area contributed by atoms with E-state index in [0.29, 0.717) is 17.6 Å². The summed E-state index contributed by atoms with van der Waals surface area (Å²) >= 11 is 0. The third kappa shape index (κ3) is 9.97. The third-order valence-electron chi connectivity index (χ3n) is 5.47. The predicted molar refractivity (Wildman–Crippen MR) is 140 cm³/mol.